The van der Waals surface area contributed by atoms with E-state index in [2.05, 4.69) is 11.4 Å². The Morgan fingerprint density at radius 2 is 2.27 bits per heavy atom. The third-order valence-corrected chi connectivity index (χ3v) is 3.51. The van der Waals surface area contributed by atoms with Crippen LogP contribution in [0.2, 0.25) is 5.02 Å². The molecule has 82 valence electrons. The maximum atomic E-state index is 9.26. The van der Waals surface area contributed by atoms with Gasteiger partial charge in [0, 0.05) is 17.1 Å². The van der Waals surface area contributed by atoms with Crippen LogP contribution in [0.5, 0.6) is 0 Å². The quantitative estimate of drug-likeness (QED) is 0.809. The highest BCUT2D eigenvalue weighted by Gasteiger charge is 2.35. The number of hydrogen-bond donors (Lipinski definition) is 2. The largest absolute Gasteiger partial charge is 0.394 e. The van der Waals surface area contributed by atoms with Crippen LogP contribution in [-0.4, -0.2) is 23.8 Å². The molecular formula is C12H16ClNO. The molecule has 15 heavy (non-hydrogen) atoms. The van der Waals surface area contributed by atoms with E-state index in [1.54, 1.807) is 0 Å². The zero-order valence-electron chi connectivity index (χ0n) is 8.83. The molecule has 0 amide bonds. The molecule has 0 aliphatic carbocycles. The summed E-state index contributed by atoms with van der Waals surface area (Å²) in [5.41, 5.74) is 1.04. The second kappa shape index (κ2) is 4.12. The molecule has 0 radical (unpaired) electrons. The van der Waals surface area contributed by atoms with E-state index in [9.17, 15) is 5.11 Å². The smallest absolute Gasteiger partial charge is 0.0610 e. The molecule has 2 nitrogen and oxygen atoms in total. The minimum Gasteiger partial charge on any atom is -0.394 e. The normalized spacial score (nSPS) is 30.7. The number of rotatable bonds is 2. The monoisotopic (exact) mass is 225 g/mol. The minimum absolute atomic E-state index is 0.149. The molecule has 0 bridgehead atoms. The summed E-state index contributed by atoms with van der Waals surface area (Å²) in [6.07, 6.45) is 0.938. The molecule has 2 atom stereocenters. The first-order valence-corrected chi connectivity index (χ1v) is 5.63. The van der Waals surface area contributed by atoms with Crippen LogP contribution in [0.15, 0.2) is 24.3 Å². The molecule has 3 heteroatoms. The molecule has 1 aliphatic rings. The summed E-state index contributed by atoms with van der Waals surface area (Å²) in [5, 5.41) is 13.4. The lowest BCUT2D eigenvalue weighted by molar-refractivity contribution is 0.191. The average molecular weight is 226 g/mol. The van der Waals surface area contributed by atoms with E-state index < -0.39 is 0 Å². The molecular weight excluding hydrogens is 210 g/mol. The number of benzene rings is 1. The van der Waals surface area contributed by atoms with Gasteiger partial charge in [-0.15, -0.1) is 0 Å². The SMILES string of the molecule is CC1(CO)CC(c2ccccc2Cl)CN1. The van der Waals surface area contributed by atoms with Gasteiger partial charge in [0.05, 0.1) is 6.61 Å². The fourth-order valence-corrected chi connectivity index (χ4v) is 2.49. The molecule has 2 unspecified atom stereocenters. The second-order valence-electron chi connectivity index (χ2n) is 4.52. The van der Waals surface area contributed by atoms with Gasteiger partial charge in [-0.25, -0.2) is 0 Å². The van der Waals surface area contributed by atoms with Gasteiger partial charge in [-0.3, -0.25) is 0 Å². The van der Waals surface area contributed by atoms with Crippen LogP contribution in [0.4, 0.5) is 0 Å². The van der Waals surface area contributed by atoms with Gasteiger partial charge in [-0.05, 0) is 30.9 Å². The average Bonchev–Trinajstić information content (AvgIpc) is 2.63. The van der Waals surface area contributed by atoms with Crippen molar-refractivity contribution in [2.45, 2.75) is 24.8 Å². The van der Waals surface area contributed by atoms with Gasteiger partial charge in [0.25, 0.3) is 0 Å². The molecule has 1 heterocycles. The Labute approximate surface area is 95.3 Å². The van der Waals surface area contributed by atoms with Crippen LogP contribution in [0, 0.1) is 0 Å². The highest BCUT2D eigenvalue weighted by atomic mass is 35.5. The van der Waals surface area contributed by atoms with Crippen molar-refractivity contribution in [2.24, 2.45) is 0 Å². The van der Waals surface area contributed by atoms with Crippen molar-refractivity contribution in [3.8, 4) is 0 Å². The fourth-order valence-electron chi connectivity index (χ4n) is 2.20. The van der Waals surface area contributed by atoms with Crippen LogP contribution < -0.4 is 5.32 Å². The standard InChI is InChI=1S/C12H16ClNO/c1-12(8-15)6-9(7-14-12)10-4-2-3-5-11(10)13/h2-5,9,14-15H,6-8H2,1H3. The lowest BCUT2D eigenvalue weighted by atomic mass is 9.91. The Bertz CT molecular complexity index is 355. The summed E-state index contributed by atoms with van der Waals surface area (Å²) in [7, 11) is 0. The molecule has 1 aromatic rings. The topological polar surface area (TPSA) is 32.3 Å². The lowest BCUT2D eigenvalue weighted by Gasteiger charge is -2.21. The molecule has 1 aliphatic heterocycles. The highest BCUT2D eigenvalue weighted by Crippen LogP contribution is 2.34. The molecule has 1 saturated heterocycles. The predicted molar refractivity (Wildman–Crippen MR) is 62.3 cm³/mol. The van der Waals surface area contributed by atoms with E-state index in [1.165, 1.54) is 5.56 Å². The summed E-state index contributed by atoms with van der Waals surface area (Å²) in [6, 6.07) is 7.94. The van der Waals surface area contributed by atoms with Crippen molar-refractivity contribution in [3.05, 3.63) is 34.9 Å². The Hall–Kier alpha value is -0.570. The van der Waals surface area contributed by atoms with Gasteiger partial charge in [0.1, 0.15) is 0 Å². The molecule has 0 aromatic heterocycles. The summed E-state index contributed by atoms with van der Waals surface area (Å²) in [5.74, 6) is 0.413. The van der Waals surface area contributed by atoms with E-state index >= 15 is 0 Å². The number of aliphatic hydroxyl groups is 1. The van der Waals surface area contributed by atoms with Gasteiger partial charge in [0.15, 0.2) is 0 Å². The highest BCUT2D eigenvalue weighted by molar-refractivity contribution is 6.31. The summed E-state index contributed by atoms with van der Waals surface area (Å²) in [6.45, 7) is 3.11. The third-order valence-electron chi connectivity index (χ3n) is 3.17. The molecule has 0 spiro atoms. The minimum atomic E-state index is -0.149. The van der Waals surface area contributed by atoms with Crippen LogP contribution in [0.25, 0.3) is 0 Å². The number of nitrogens with one attached hydrogen (secondary N) is 1. The molecule has 2 N–H and O–H groups in total. The molecule has 2 rings (SSSR count). The Morgan fingerprint density at radius 1 is 1.53 bits per heavy atom. The van der Waals surface area contributed by atoms with Gasteiger partial charge in [-0.1, -0.05) is 29.8 Å². The predicted octanol–water partition coefficient (Wildman–Crippen LogP) is 2.17. The zero-order chi connectivity index (χ0) is 10.9. The van der Waals surface area contributed by atoms with Crippen molar-refractivity contribution < 1.29 is 5.11 Å². The van der Waals surface area contributed by atoms with Crippen molar-refractivity contribution >= 4 is 11.6 Å². The fraction of sp³-hybridized carbons (Fsp3) is 0.500. The second-order valence-corrected chi connectivity index (χ2v) is 4.93. The Morgan fingerprint density at radius 3 is 2.87 bits per heavy atom. The molecule has 1 fully saturated rings. The van der Waals surface area contributed by atoms with E-state index in [-0.39, 0.29) is 12.1 Å². The third kappa shape index (κ3) is 2.17. The summed E-state index contributed by atoms with van der Waals surface area (Å²) in [4.78, 5) is 0. The first kappa shape index (κ1) is 10.9. The van der Waals surface area contributed by atoms with Gasteiger partial charge >= 0.3 is 0 Å². The Balaban J connectivity index is 2.18. The number of aliphatic hydroxyl groups excluding tert-OH is 1. The van der Waals surface area contributed by atoms with Crippen LogP contribution in [0.3, 0.4) is 0 Å². The first-order valence-electron chi connectivity index (χ1n) is 5.25. The van der Waals surface area contributed by atoms with E-state index in [1.807, 2.05) is 25.1 Å². The van der Waals surface area contributed by atoms with Gasteiger partial charge in [-0.2, -0.15) is 0 Å². The van der Waals surface area contributed by atoms with E-state index in [0.29, 0.717) is 5.92 Å². The van der Waals surface area contributed by atoms with Crippen molar-refractivity contribution in [1.82, 2.24) is 5.32 Å². The summed E-state index contributed by atoms with van der Waals surface area (Å²) >= 11 is 6.15. The first-order chi connectivity index (χ1) is 7.14. The van der Waals surface area contributed by atoms with Gasteiger partial charge in [0.2, 0.25) is 0 Å². The van der Waals surface area contributed by atoms with Crippen molar-refractivity contribution in [2.75, 3.05) is 13.2 Å². The zero-order valence-corrected chi connectivity index (χ0v) is 9.59. The van der Waals surface area contributed by atoms with E-state index in [4.69, 9.17) is 11.6 Å². The summed E-state index contributed by atoms with van der Waals surface area (Å²) < 4.78 is 0. The number of halogens is 1. The van der Waals surface area contributed by atoms with Gasteiger partial charge < -0.3 is 10.4 Å². The van der Waals surface area contributed by atoms with Crippen LogP contribution >= 0.6 is 11.6 Å². The lowest BCUT2D eigenvalue weighted by Crippen LogP contribution is -2.39. The van der Waals surface area contributed by atoms with Crippen LogP contribution in [0.1, 0.15) is 24.8 Å². The Kier molecular flexibility index (Phi) is 3.01. The van der Waals surface area contributed by atoms with Crippen molar-refractivity contribution in [3.63, 3.8) is 0 Å². The number of hydrogen-bond acceptors (Lipinski definition) is 2. The van der Waals surface area contributed by atoms with E-state index in [0.717, 1.165) is 18.0 Å². The maximum Gasteiger partial charge on any atom is 0.0610 e. The van der Waals surface area contributed by atoms with Crippen molar-refractivity contribution in [1.29, 1.82) is 0 Å². The molecule has 1 aromatic carbocycles. The van der Waals surface area contributed by atoms with Crippen LogP contribution in [-0.2, 0) is 0 Å². The molecule has 0 saturated carbocycles. The maximum absolute atomic E-state index is 9.26.